The Hall–Kier alpha value is -1.45. The molecule has 0 radical (unpaired) electrons. The molecule has 10 heavy (non-hydrogen) atoms. The SMILES string of the molecule is NC(=O)NCc1ccoc1. The molecule has 1 rings (SSSR count). The zero-order valence-electron chi connectivity index (χ0n) is 5.33. The number of furan rings is 1. The van der Waals surface area contributed by atoms with Crippen LogP contribution in [0.3, 0.4) is 0 Å². The van der Waals surface area contributed by atoms with Gasteiger partial charge in [-0.15, -0.1) is 0 Å². The summed E-state index contributed by atoms with van der Waals surface area (Å²) >= 11 is 0. The minimum atomic E-state index is -0.527. The second-order valence-electron chi connectivity index (χ2n) is 1.85. The minimum Gasteiger partial charge on any atom is -0.472 e. The summed E-state index contributed by atoms with van der Waals surface area (Å²) in [6.07, 6.45) is 3.09. The fourth-order valence-electron chi connectivity index (χ4n) is 0.582. The number of nitrogens with one attached hydrogen (secondary N) is 1. The van der Waals surface area contributed by atoms with Crippen molar-refractivity contribution >= 4 is 6.03 Å². The molecule has 0 saturated carbocycles. The first kappa shape index (κ1) is 6.67. The maximum atomic E-state index is 10.2. The van der Waals surface area contributed by atoms with Crippen LogP contribution in [0.1, 0.15) is 5.56 Å². The number of urea groups is 1. The van der Waals surface area contributed by atoms with E-state index in [1.165, 1.54) is 6.26 Å². The molecule has 3 N–H and O–H groups in total. The average Bonchev–Trinajstić information content (AvgIpc) is 2.34. The molecule has 2 amide bonds. The Balaban J connectivity index is 2.35. The van der Waals surface area contributed by atoms with E-state index in [1.807, 2.05) is 0 Å². The molecule has 0 aliphatic heterocycles. The maximum Gasteiger partial charge on any atom is 0.312 e. The van der Waals surface area contributed by atoms with E-state index in [2.05, 4.69) is 5.32 Å². The normalized spacial score (nSPS) is 9.20. The Morgan fingerprint density at radius 3 is 3.10 bits per heavy atom. The van der Waals surface area contributed by atoms with Gasteiger partial charge in [-0.3, -0.25) is 0 Å². The van der Waals surface area contributed by atoms with Gasteiger partial charge >= 0.3 is 6.03 Å². The van der Waals surface area contributed by atoms with Gasteiger partial charge in [-0.2, -0.15) is 0 Å². The van der Waals surface area contributed by atoms with Gasteiger partial charge in [0.1, 0.15) is 0 Å². The van der Waals surface area contributed by atoms with Gasteiger partial charge in [0.05, 0.1) is 12.5 Å². The van der Waals surface area contributed by atoms with Crippen LogP contribution < -0.4 is 11.1 Å². The number of carbonyl (C=O) groups excluding carboxylic acids is 1. The van der Waals surface area contributed by atoms with Crippen LogP contribution in [0.2, 0.25) is 0 Å². The van der Waals surface area contributed by atoms with Crippen LogP contribution >= 0.6 is 0 Å². The second kappa shape index (κ2) is 2.91. The first-order valence-corrected chi connectivity index (χ1v) is 2.83. The van der Waals surface area contributed by atoms with E-state index in [1.54, 1.807) is 12.3 Å². The highest BCUT2D eigenvalue weighted by molar-refractivity contribution is 5.71. The van der Waals surface area contributed by atoms with Crippen molar-refractivity contribution < 1.29 is 9.21 Å². The zero-order valence-corrected chi connectivity index (χ0v) is 5.33. The fourth-order valence-corrected chi connectivity index (χ4v) is 0.582. The minimum absolute atomic E-state index is 0.422. The number of hydrogen-bond acceptors (Lipinski definition) is 2. The van der Waals surface area contributed by atoms with Crippen LogP contribution in [-0.4, -0.2) is 6.03 Å². The van der Waals surface area contributed by atoms with Crippen LogP contribution in [0.25, 0.3) is 0 Å². The summed E-state index contributed by atoms with van der Waals surface area (Å²) in [4.78, 5) is 10.2. The molecule has 0 atom stereocenters. The Morgan fingerprint density at radius 1 is 1.80 bits per heavy atom. The Morgan fingerprint density at radius 2 is 2.60 bits per heavy atom. The Kier molecular flexibility index (Phi) is 1.94. The molecule has 4 heteroatoms. The molecule has 0 aliphatic carbocycles. The molecule has 0 saturated heterocycles. The lowest BCUT2D eigenvalue weighted by Gasteiger charge is -1.95. The van der Waals surface area contributed by atoms with Crippen molar-refractivity contribution in [2.24, 2.45) is 5.73 Å². The number of carbonyl (C=O) groups is 1. The van der Waals surface area contributed by atoms with Crippen molar-refractivity contribution in [2.45, 2.75) is 6.54 Å². The average molecular weight is 140 g/mol. The third kappa shape index (κ3) is 1.81. The standard InChI is InChI=1S/C6H8N2O2/c7-6(9)8-3-5-1-2-10-4-5/h1-2,4H,3H2,(H3,7,8,9). The van der Waals surface area contributed by atoms with Gasteiger partial charge < -0.3 is 15.5 Å². The number of amides is 2. The predicted molar refractivity (Wildman–Crippen MR) is 35.1 cm³/mol. The quantitative estimate of drug-likeness (QED) is 0.626. The van der Waals surface area contributed by atoms with E-state index in [9.17, 15) is 4.79 Å². The summed E-state index contributed by atoms with van der Waals surface area (Å²) in [5.74, 6) is 0. The molecule has 54 valence electrons. The molecule has 0 aromatic carbocycles. The molecule has 0 bridgehead atoms. The highest BCUT2D eigenvalue weighted by atomic mass is 16.3. The van der Waals surface area contributed by atoms with E-state index in [4.69, 9.17) is 10.2 Å². The van der Waals surface area contributed by atoms with E-state index in [0.717, 1.165) is 5.56 Å². The molecule has 1 heterocycles. The molecule has 1 aromatic rings. The molecule has 0 spiro atoms. The highest BCUT2D eigenvalue weighted by Gasteiger charge is 1.94. The molecular formula is C6H8N2O2. The van der Waals surface area contributed by atoms with E-state index >= 15 is 0 Å². The van der Waals surface area contributed by atoms with Crippen LogP contribution in [0.5, 0.6) is 0 Å². The molecule has 0 unspecified atom stereocenters. The summed E-state index contributed by atoms with van der Waals surface area (Å²) in [5.41, 5.74) is 5.73. The third-order valence-corrected chi connectivity index (χ3v) is 1.05. The first-order chi connectivity index (χ1) is 4.79. The van der Waals surface area contributed by atoms with Gasteiger partial charge in [0, 0.05) is 12.1 Å². The summed E-state index contributed by atoms with van der Waals surface area (Å²) < 4.78 is 4.75. The van der Waals surface area contributed by atoms with Gasteiger partial charge in [-0.05, 0) is 6.07 Å². The van der Waals surface area contributed by atoms with Gasteiger partial charge in [0.25, 0.3) is 0 Å². The molecule has 0 aliphatic rings. The first-order valence-electron chi connectivity index (χ1n) is 2.83. The largest absolute Gasteiger partial charge is 0.472 e. The van der Waals surface area contributed by atoms with Crippen molar-refractivity contribution in [3.63, 3.8) is 0 Å². The molecule has 1 aromatic heterocycles. The second-order valence-corrected chi connectivity index (χ2v) is 1.85. The van der Waals surface area contributed by atoms with E-state index in [-0.39, 0.29) is 0 Å². The van der Waals surface area contributed by atoms with Crippen molar-refractivity contribution in [3.05, 3.63) is 24.2 Å². The summed E-state index contributed by atoms with van der Waals surface area (Å²) in [6.45, 7) is 0.422. The topological polar surface area (TPSA) is 68.3 Å². The highest BCUT2D eigenvalue weighted by Crippen LogP contribution is 1.97. The molecule has 4 nitrogen and oxygen atoms in total. The molecule has 0 fully saturated rings. The number of nitrogens with two attached hydrogens (primary N) is 1. The maximum absolute atomic E-state index is 10.2. The van der Waals surface area contributed by atoms with Crippen LogP contribution in [0.4, 0.5) is 4.79 Å². The summed E-state index contributed by atoms with van der Waals surface area (Å²) in [5, 5.41) is 2.43. The zero-order chi connectivity index (χ0) is 7.40. The monoisotopic (exact) mass is 140 g/mol. The Labute approximate surface area is 58.0 Å². The lowest BCUT2D eigenvalue weighted by atomic mass is 10.3. The summed E-state index contributed by atoms with van der Waals surface area (Å²) in [7, 11) is 0. The van der Waals surface area contributed by atoms with Crippen LogP contribution in [-0.2, 0) is 6.54 Å². The van der Waals surface area contributed by atoms with Crippen molar-refractivity contribution in [2.75, 3.05) is 0 Å². The van der Waals surface area contributed by atoms with Crippen molar-refractivity contribution in [1.82, 2.24) is 5.32 Å². The van der Waals surface area contributed by atoms with Gasteiger partial charge in [-0.25, -0.2) is 4.79 Å². The summed E-state index contributed by atoms with van der Waals surface area (Å²) in [6, 6.07) is 1.23. The molecular weight excluding hydrogens is 132 g/mol. The lowest BCUT2D eigenvalue weighted by Crippen LogP contribution is -2.28. The predicted octanol–water partition coefficient (Wildman–Crippen LogP) is 0.448. The fraction of sp³-hybridized carbons (Fsp3) is 0.167. The smallest absolute Gasteiger partial charge is 0.312 e. The van der Waals surface area contributed by atoms with Crippen molar-refractivity contribution in [1.29, 1.82) is 0 Å². The van der Waals surface area contributed by atoms with Crippen molar-refractivity contribution in [3.8, 4) is 0 Å². The van der Waals surface area contributed by atoms with Gasteiger partial charge in [0.2, 0.25) is 0 Å². The van der Waals surface area contributed by atoms with Crippen LogP contribution in [0.15, 0.2) is 23.0 Å². The van der Waals surface area contributed by atoms with E-state index in [0.29, 0.717) is 6.54 Å². The lowest BCUT2D eigenvalue weighted by molar-refractivity contribution is 0.248. The number of rotatable bonds is 2. The third-order valence-electron chi connectivity index (χ3n) is 1.05. The number of primary amides is 1. The van der Waals surface area contributed by atoms with Crippen LogP contribution in [0, 0.1) is 0 Å². The Bertz CT molecular complexity index is 206. The van der Waals surface area contributed by atoms with E-state index < -0.39 is 6.03 Å². The van der Waals surface area contributed by atoms with Gasteiger partial charge in [0.15, 0.2) is 0 Å². The van der Waals surface area contributed by atoms with Gasteiger partial charge in [-0.1, -0.05) is 0 Å². The number of hydrogen-bond donors (Lipinski definition) is 2.